The molecule has 0 N–H and O–H groups in total. The van der Waals surface area contributed by atoms with E-state index in [4.69, 9.17) is 11.6 Å². The quantitative estimate of drug-likeness (QED) is 0.201. The van der Waals surface area contributed by atoms with E-state index in [-0.39, 0.29) is 0 Å². The maximum absolute atomic E-state index is 7.31. The summed E-state index contributed by atoms with van der Waals surface area (Å²) in [5.74, 6) is 0. The summed E-state index contributed by atoms with van der Waals surface area (Å²) in [4.78, 5) is 6.56. The minimum absolute atomic E-state index is 0.479. The standard InChI is InChI=1S/C42H27ClN2/c43-39-22-21-38-40(41(39)45(30-11-3-1-4-12-30)31-13-5-2-6-14-31)33-16-8-10-18-36(33)42(38)35-17-9-7-15-32(35)34-27-29(19-20-37(34)42)28-23-25-44-26-24-28/h1-27H. The summed E-state index contributed by atoms with van der Waals surface area (Å²) in [6.45, 7) is 0. The molecule has 9 rings (SSSR count). The largest absolute Gasteiger partial charge is 0.308 e. The second kappa shape index (κ2) is 10.1. The first-order chi connectivity index (χ1) is 22.3. The summed E-state index contributed by atoms with van der Waals surface area (Å²) < 4.78 is 0. The van der Waals surface area contributed by atoms with Crippen molar-refractivity contribution in [3.8, 4) is 33.4 Å². The SMILES string of the molecule is Clc1ccc2c(c1N(c1ccccc1)c1ccccc1)-c1ccccc1C21c2ccccc2-c2cc(-c3ccncc3)ccc21. The molecule has 0 saturated heterocycles. The van der Waals surface area contributed by atoms with Crippen LogP contribution in [0.15, 0.2) is 164 Å². The van der Waals surface area contributed by atoms with E-state index in [9.17, 15) is 0 Å². The number of para-hydroxylation sites is 2. The van der Waals surface area contributed by atoms with Crippen LogP contribution in [-0.2, 0) is 5.41 Å². The number of rotatable bonds is 4. The smallest absolute Gasteiger partial charge is 0.0729 e. The van der Waals surface area contributed by atoms with Gasteiger partial charge in [0, 0.05) is 29.3 Å². The van der Waals surface area contributed by atoms with Gasteiger partial charge in [-0.2, -0.15) is 0 Å². The average molecular weight is 595 g/mol. The molecule has 212 valence electrons. The lowest BCUT2D eigenvalue weighted by Gasteiger charge is -2.32. The van der Waals surface area contributed by atoms with E-state index < -0.39 is 5.41 Å². The Hall–Kier alpha value is -5.44. The van der Waals surface area contributed by atoms with Crippen molar-refractivity contribution in [1.29, 1.82) is 0 Å². The van der Waals surface area contributed by atoms with Crippen LogP contribution in [0.2, 0.25) is 5.02 Å². The first-order valence-corrected chi connectivity index (χ1v) is 15.6. The molecule has 1 spiro atoms. The highest BCUT2D eigenvalue weighted by atomic mass is 35.5. The normalized spacial score (nSPS) is 15.3. The van der Waals surface area contributed by atoms with E-state index in [1.807, 2.05) is 12.4 Å². The molecule has 7 aromatic rings. The molecule has 0 amide bonds. The lowest BCUT2D eigenvalue weighted by Crippen LogP contribution is -2.26. The fraction of sp³-hybridized carbons (Fsp3) is 0.0238. The third-order valence-electron chi connectivity index (χ3n) is 9.44. The molecule has 45 heavy (non-hydrogen) atoms. The van der Waals surface area contributed by atoms with Crippen LogP contribution < -0.4 is 4.90 Å². The summed E-state index contributed by atoms with van der Waals surface area (Å²) in [6.07, 6.45) is 3.72. The number of hydrogen-bond donors (Lipinski definition) is 0. The number of nitrogens with zero attached hydrogens (tertiary/aromatic N) is 2. The molecular formula is C42H27ClN2. The van der Waals surface area contributed by atoms with E-state index in [1.54, 1.807) is 0 Å². The van der Waals surface area contributed by atoms with Crippen molar-refractivity contribution in [2.75, 3.05) is 4.90 Å². The average Bonchev–Trinajstić information content (AvgIpc) is 3.57. The zero-order chi connectivity index (χ0) is 30.0. The van der Waals surface area contributed by atoms with Crippen LogP contribution in [0.3, 0.4) is 0 Å². The fourth-order valence-corrected chi connectivity index (χ4v) is 7.93. The first-order valence-electron chi connectivity index (χ1n) is 15.2. The molecule has 3 heteroatoms. The van der Waals surface area contributed by atoms with Gasteiger partial charge >= 0.3 is 0 Å². The maximum Gasteiger partial charge on any atom is 0.0729 e. The summed E-state index contributed by atoms with van der Waals surface area (Å²) in [5.41, 5.74) is 15.0. The number of benzene rings is 6. The second-order valence-corrected chi connectivity index (χ2v) is 12.1. The zero-order valence-corrected chi connectivity index (χ0v) is 25.1. The molecule has 0 saturated carbocycles. The molecule has 1 atom stereocenters. The first kappa shape index (κ1) is 26.0. The van der Waals surface area contributed by atoms with Gasteiger partial charge in [-0.05, 0) is 98.6 Å². The van der Waals surface area contributed by atoms with E-state index in [0.29, 0.717) is 5.02 Å². The topological polar surface area (TPSA) is 16.1 Å². The van der Waals surface area contributed by atoms with Crippen LogP contribution in [0.4, 0.5) is 17.1 Å². The second-order valence-electron chi connectivity index (χ2n) is 11.7. The third kappa shape index (κ3) is 3.67. The highest BCUT2D eigenvalue weighted by Gasteiger charge is 2.52. The number of aromatic nitrogens is 1. The lowest BCUT2D eigenvalue weighted by molar-refractivity contribution is 0.794. The van der Waals surface area contributed by atoms with Crippen molar-refractivity contribution >= 4 is 28.7 Å². The molecule has 0 radical (unpaired) electrons. The summed E-state index contributed by atoms with van der Waals surface area (Å²) in [6, 6.07) is 54.4. The minimum Gasteiger partial charge on any atom is -0.308 e. The minimum atomic E-state index is -0.479. The van der Waals surface area contributed by atoms with Gasteiger partial charge in [0.25, 0.3) is 0 Å². The zero-order valence-electron chi connectivity index (χ0n) is 24.4. The predicted molar refractivity (Wildman–Crippen MR) is 186 cm³/mol. The van der Waals surface area contributed by atoms with Gasteiger partial charge in [-0.3, -0.25) is 4.98 Å². The third-order valence-corrected chi connectivity index (χ3v) is 9.75. The van der Waals surface area contributed by atoms with Gasteiger partial charge in [0.15, 0.2) is 0 Å². The lowest BCUT2D eigenvalue weighted by atomic mass is 9.70. The van der Waals surface area contributed by atoms with Gasteiger partial charge in [0.1, 0.15) is 0 Å². The molecule has 1 unspecified atom stereocenters. The Morgan fingerprint density at radius 1 is 0.467 bits per heavy atom. The molecule has 0 fully saturated rings. The number of hydrogen-bond acceptors (Lipinski definition) is 2. The van der Waals surface area contributed by atoms with Crippen molar-refractivity contribution < 1.29 is 0 Å². The van der Waals surface area contributed by atoms with Crippen LogP contribution in [-0.4, -0.2) is 4.98 Å². The molecule has 0 bridgehead atoms. The summed E-state index contributed by atoms with van der Waals surface area (Å²) in [7, 11) is 0. The van der Waals surface area contributed by atoms with Gasteiger partial charge in [0.2, 0.25) is 0 Å². The molecule has 1 heterocycles. The highest BCUT2D eigenvalue weighted by molar-refractivity contribution is 6.35. The maximum atomic E-state index is 7.31. The van der Waals surface area contributed by atoms with Gasteiger partial charge in [-0.15, -0.1) is 0 Å². The Labute approximate surface area is 267 Å². The van der Waals surface area contributed by atoms with Crippen molar-refractivity contribution in [3.05, 3.63) is 191 Å². The van der Waals surface area contributed by atoms with E-state index in [2.05, 4.69) is 162 Å². The van der Waals surface area contributed by atoms with Crippen LogP contribution in [0.25, 0.3) is 33.4 Å². The van der Waals surface area contributed by atoms with Crippen molar-refractivity contribution in [1.82, 2.24) is 4.98 Å². The van der Waals surface area contributed by atoms with E-state index >= 15 is 0 Å². The summed E-state index contributed by atoms with van der Waals surface area (Å²) in [5, 5.41) is 0.716. The van der Waals surface area contributed by atoms with E-state index in [1.165, 1.54) is 50.1 Å². The fourth-order valence-electron chi connectivity index (χ4n) is 7.69. The van der Waals surface area contributed by atoms with Crippen molar-refractivity contribution in [2.45, 2.75) is 5.41 Å². The Bertz CT molecular complexity index is 2190. The van der Waals surface area contributed by atoms with Crippen LogP contribution in [0.5, 0.6) is 0 Å². The monoisotopic (exact) mass is 594 g/mol. The number of pyridine rings is 1. The number of halogens is 1. The van der Waals surface area contributed by atoms with Gasteiger partial charge in [-0.25, -0.2) is 0 Å². The molecule has 2 aliphatic rings. The molecule has 0 aliphatic heterocycles. The van der Waals surface area contributed by atoms with Gasteiger partial charge in [-0.1, -0.05) is 115 Å². The Morgan fingerprint density at radius 3 is 1.71 bits per heavy atom. The molecule has 2 nitrogen and oxygen atoms in total. The van der Waals surface area contributed by atoms with Crippen molar-refractivity contribution in [3.63, 3.8) is 0 Å². The molecule has 2 aliphatic carbocycles. The Kier molecular flexibility index (Phi) is 5.81. The number of anilines is 3. The Balaban J connectivity index is 1.39. The van der Waals surface area contributed by atoms with E-state index in [0.717, 1.165) is 22.6 Å². The molecule has 1 aromatic heterocycles. The van der Waals surface area contributed by atoms with Crippen LogP contribution in [0, 0.1) is 0 Å². The highest BCUT2D eigenvalue weighted by Crippen LogP contribution is 2.65. The molecule has 6 aromatic carbocycles. The number of fused-ring (bicyclic) bond motifs is 10. The Morgan fingerprint density at radius 2 is 1.02 bits per heavy atom. The van der Waals surface area contributed by atoms with Crippen molar-refractivity contribution in [2.24, 2.45) is 0 Å². The van der Waals surface area contributed by atoms with Crippen LogP contribution in [0.1, 0.15) is 22.3 Å². The van der Waals surface area contributed by atoms with Gasteiger partial charge in [0.05, 0.1) is 16.1 Å². The van der Waals surface area contributed by atoms with Gasteiger partial charge < -0.3 is 4.90 Å². The van der Waals surface area contributed by atoms with Crippen LogP contribution >= 0.6 is 11.6 Å². The molecular weight excluding hydrogens is 568 g/mol. The predicted octanol–water partition coefficient (Wildman–Crippen LogP) is 11.2. The summed E-state index contributed by atoms with van der Waals surface area (Å²) >= 11 is 7.31.